The fraction of sp³-hybridized carbons (Fsp3) is 0.583. The summed E-state index contributed by atoms with van der Waals surface area (Å²) in [6.45, 7) is 2.31. The Bertz CT molecular complexity index is 481. The van der Waals surface area contributed by atoms with Crippen LogP contribution in [0.2, 0.25) is 0 Å². The molecule has 1 N–H and O–H groups in total. The van der Waals surface area contributed by atoms with E-state index in [4.69, 9.17) is 5.11 Å². The van der Waals surface area contributed by atoms with E-state index in [1.807, 2.05) is 0 Å². The Morgan fingerprint density at radius 3 is 2.72 bits per heavy atom. The van der Waals surface area contributed by atoms with Gasteiger partial charge in [0.1, 0.15) is 6.04 Å². The number of hydrogen-bond acceptors (Lipinski definition) is 3. The molecule has 0 spiro atoms. The number of rotatable bonds is 2. The van der Waals surface area contributed by atoms with Gasteiger partial charge in [-0.15, -0.1) is 0 Å². The van der Waals surface area contributed by atoms with Crippen molar-refractivity contribution in [1.82, 2.24) is 14.7 Å². The third-order valence-corrected chi connectivity index (χ3v) is 3.51. The highest BCUT2D eigenvalue weighted by atomic mass is 16.4. The predicted molar refractivity (Wildman–Crippen MR) is 64.3 cm³/mol. The van der Waals surface area contributed by atoms with Gasteiger partial charge in [-0.3, -0.25) is 9.48 Å². The Labute approximate surface area is 105 Å². The number of piperidine rings is 1. The van der Waals surface area contributed by atoms with E-state index in [1.54, 1.807) is 18.7 Å². The second-order valence-corrected chi connectivity index (χ2v) is 4.62. The minimum atomic E-state index is -0.926. The third-order valence-electron chi connectivity index (χ3n) is 3.51. The van der Waals surface area contributed by atoms with Crippen molar-refractivity contribution < 1.29 is 14.7 Å². The predicted octanol–water partition coefficient (Wildman–Crippen LogP) is 0.808. The van der Waals surface area contributed by atoms with Gasteiger partial charge in [0.05, 0.1) is 11.8 Å². The molecule has 6 heteroatoms. The molecule has 0 bridgehead atoms. The van der Waals surface area contributed by atoms with Gasteiger partial charge in [0.2, 0.25) is 0 Å². The van der Waals surface area contributed by atoms with E-state index in [1.165, 1.54) is 11.1 Å². The number of hydrogen-bond donors (Lipinski definition) is 1. The van der Waals surface area contributed by atoms with Gasteiger partial charge in [-0.2, -0.15) is 5.10 Å². The smallest absolute Gasteiger partial charge is 0.326 e. The lowest BCUT2D eigenvalue weighted by atomic mass is 10.0. The van der Waals surface area contributed by atoms with Crippen LogP contribution in [0.1, 0.15) is 35.3 Å². The largest absolute Gasteiger partial charge is 0.480 e. The van der Waals surface area contributed by atoms with Crippen molar-refractivity contribution in [1.29, 1.82) is 0 Å². The van der Waals surface area contributed by atoms with Crippen LogP contribution in [-0.2, 0) is 11.8 Å². The van der Waals surface area contributed by atoms with Gasteiger partial charge in [0, 0.05) is 19.3 Å². The Morgan fingerprint density at radius 2 is 2.17 bits per heavy atom. The zero-order valence-corrected chi connectivity index (χ0v) is 10.6. The van der Waals surface area contributed by atoms with Crippen LogP contribution in [0.5, 0.6) is 0 Å². The highest BCUT2D eigenvalue weighted by Crippen LogP contribution is 2.21. The summed E-state index contributed by atoms with van der Waals surface area (Å²) in [5.74, 6) is -1.16. The number of carboxylic acids is 1. The first kappa shape index (κ1) is 12.6. The summed E-state index contributed by atoms with van der Waals surface area (Å²) in [5, 5.41) is 13.2. The van der Waals surface area contributed by atoms with E-state index in [0.29, 0.717) is 18.5 Å². The topological polar surface area (TPSA) is 75.4 Å². The van der Waals surface area contributed by atoms with Gasteiger partial charge in [-0.05, 0) is 26.2 Å². The lowest BCUT2D eigenvalue weighted by Gasteiger charge is -2.32. The summed E-state index contributed by atoms with van der Waals surface area (Å²) >= 11 is 0. The SMILES string of the molecule is Cc1c(C(=O)N2CCCC[C@H]2C(=O)O)cnn1C. The molecule has 6 nitrogen and oxygen atoms in total. The van der Waals surface area contributed by atoms with Gasteiger partial charge in [-0.1, -0.05) is 0 Å². The number of aryl methyl sites for hydroxylation is 1. The molecular formula is C12H17N3O3. The monoisotopic (exact) mass is 251 g/mol. The summed E-state index contributed by atoms with van der Waals surface area (Å²) in [6.07, 6.45) is 3.74. The van der Waals surface area contributed by atoms with Gasteiger partial charge in [0.25, 0.3) is 5.91 Å². The molecule has 2 rings (SSSR count). The molecule has 98 valence electrons. The fourth-order valence-corrected chi connectivity index (χ4v) is 2.29. The van der Waals surface area contributed by atoms with E-state index in [9.17, 15) is 9.59 Å². The van der Waals surface area contributed by atoms with E-state index in [0.717, 1.165) is 18.5 Å². The Hall–Kier alpha value is -1.85. The Balaban J connectivity index is 2.26. The van der Waals surface area contributed by atoms with Crippen LogP contribution in [0.15, 0.2) is 6.20 Å². The second kappa shape index (κ2) is 4.80. The molecule has 1 saturated heterocycles. The maximum absolute atomic E-state index is 12.4. The van der Waals surface area contributed by atoms with Gasteiger partial charge >= 0.3 is 5.97 Å². The van der Waals surface area contributed by atoms with Gasteiger partial charge < -0.3 is 10.0 Å². The highest BCUT2D eigenvalue weighted by Gasteiger charge is 2.33. The van der Waals surface area contributed by atoms with Crippen LogP contribution in [0.3, 0.4) is 0 Å². The van der Waals surface area contributed by atoms with E-state index < -0.39 is 12.0 Å². The first-order valence-corrected chi connectivity index (χ1v) is 6.04. The van der Waals surface area contributed by atoms with Crippen molar-refractivity contribution in [3.05, 3.63) is 17.5 Å². The van der Waals surface area contributed by atoms with Gasteiger partial charge in [-0.25, -0.2) is 4.79 Å². The molecule has 0 saturated carbocycles. The molecule has 1 amide bonds. The third kappa shape index (κ3) is 2.10. The van der Waals surface area contributed by atoms with E-state index in [2.05, 4.69) is 5.10 Å². The van der Waals surface area contributed by atoms with Crippen LogP contribution in [0, 0.1) is 6.92 Å². The van der Waals surface area contributed by atoms with Crippen molar-refractivity contribution in [2.45, 2.75) is 32.2 Å². The molecule has 0 aromatic carbocycles. The number of nitrogens with zero attached hydrogens (tertiary/aromatic N) is 3. The first-order valence-electron chi connectivity index (χ1n) is 6.04. The maximum atomic E-state index is 12.4. The number of amides is 1. The number of carbonyl (C=O) groups excluding carboxylic acids is 1. The summed E-state index contributed by atoms with van der Waals surface area (Å²) in [6, 6.07) is -0.703. The minimum absolute atomic E-state index is 0.229. The van der Waals surface area contributed by atoms with Crippen molar-refractivity contribution >= 4 is 11.9 Å². The number of carbonyl (C=O) groups is 2. The summed E-state index contributed by atoms with van der Waals surface area (Å²) in [5.41, 5.74) is 1.25. The zero-order valence-electron chi connectivity index (χ0n) is 10.6. The van der Waals surface area contributed by atoms with Gasteiger partial charge in [0.15, 0.2) is 0 Å². The second-order valence-electron chi connectivity index (χ2n) is 4.62. The Morgan fingerprint density at radius 1 is 1.44 bits per heavy atom. The van der Waals surface area contributed by atoms with Crippen LogP contribution in [-0.4, -0.2) is 44.3 Å². The van der Waals surface area contributed by atoms with Crippen LogP contribution in [0.25, 0.3) is 0 Å². The molecule has 1 aromatic heterocycles. The molecule has 0 radical (unpaired) electrons. The Kier molecular flexibility index (Phi) is 3.36. The van der Waals surface area contributed by atoms with Crippen LogP contribution >= 0.6 is 0 Å². The zero-order chi connectivity index (χ0) is 13.3. The molecule has 2 heterocycles. The standard InChI is InChI=1S/C12H17N3O3/c1-8-9(7-13-14(8)2)11(16)15-6-4-3-5-10(15)12(17)18/h7,10H,3-6H2,1-2H3,(H,17,18)/t10-/m0/s1. The van der Waals surface area contributed by atoms with Crippen molar-refractivity contribution in [3.8, 4) is 0 Å². The first-order chi connectivity index (χ1) is 8.52. The molecular weight excluding hydrogens is 234 g/mol. The lowest BCUT2D eigenvalue weighted by Crippen LogP contribution is -2.48. The average Bonchev–Trinajstić information content (AvgIpc) is 2.69. The van der Waals surface area contributed by atoms with Crippen molar-refractivity contribution in [3.63, 3.8) is 0 Å². The molecule has 1 aromatic rings. The maximum Gasteiger partial charge on any atom is 0.326 e. The molecule has 1 aliphatic heterocycles. The molecule has 1 fully saturated rings. The fourth-order valence-electron chi connectivity index (χ4n) is 2.29. The van der Waals surface area contributed by atoms with Crippen molar-refractivity contribution in [2.75, 3.05) is 6.54 Å². The minimum Gasteiger partial charge on any atom is -0.480 e. The average molecular weight is 251 g/mol. The van der Waals surface area contributed by atoms with E-state index >= 15 is 0 Å². The number of likely N-dealkylation sites (tertiary alicyclic amines) is 1. The molecule has 1 atom stereocenters. The molecule has 18 heavy (non-hydrogen) atoms. The summed E-state index contributed by atoms with van der Waals surface area (Å²) in [7, 11) is 1.76. The van der Waals surface area contributed by atoms with Crippen molar-refractivity contribution in [2.24, 2.45) is 7.05 Å². The summed E-state index contributed by atoms with van der Waals surface area (Å²) in [4.78, 5) is 25.0. The normalized spacial score (nSPS) is 19.9. The number of aliphatic carboxylic acids is 1. The molecule has 0 unspecified atom stereocenters. The van der Waals surface area contributed by atoms with E-state index in [-0.39, 0.29) is 5.91 Å². The number of aromatic nitrogens is 2. The number of carboxylic acid groups (broad SMARTS) is 1. The lowest BCUT2D eigenvalue weighted by molar-refractivity contribution is -0.143. The molecule has 0 aliphatic carbocycles. The quantitative estimate of drug-likeness (QED) is 0.844. The van der Waals surface area contributed by atoms with Crippen LogP contribution in [0.4, 0.5) is 0 Å². The highest BCUT2D eigenvalue weighted by molar-refractivity contribution is 5.97. The summed E-state index contributed by atoms with van der Waals surface area (Å²) < 4.78 is 1.62. The van der Waals surface area contributed by atoms with Crippen LogP contribution < -0.4 is 0 Å². The molecule has 1 aliphatic rings.